The molecule has 0 spiro atoms. The molecular weight excluding hydrogens is 442 g/mol. The normalized spacial score (nSPS) is 18.0. The van der Waals surface area contributed by atoms with Crippen LogP contribution in [0.25, 0.3) is 0 Å². The summed E-state index contributed by atoms with van der Waals surface area (Å²) >= 11 is 0. The van der Waals surface area contributed by atoms with Crippen LogP contribution in [0.4, 0.5) is 0 Å². The minimum Gasteiger partial charge on any atom is -0.497 e. The Morgan fingerprint density at radius 2 is 1.83 bits per heavy atom. The van der Waals surface area contributed by atoms with E-state index in [1.165, 1.54) is 0 Å². The van der Waals surface area contributed by atoms with Crippen LogP contribution in [0.1, 0.15) is 54.8 Å². The second-order valence-corrected chi connectivity index (χ2v) is 9.38. The van der Waals surface area contributed by atoms with Gasteiger partial charge in [0.2, 0.25) is 5.91 Å². The molecule has 7 heteroatoms. The SMILES string of the molecule is COCCN(CC(=O)N1N=C(c2cccc(OC)c2)C[C@@H]1c1ccc(C)cc1)C(=O)C1CCCC1. The Kier molecular flexibility index (Phi) is 8.18. The van der Waals surface area contributed by atoms with Crippen molar-refractivity contribution in [1.29, 1.82) is 0 Å². The summed E-state index contributed by atoms with van der Waals surface area (Å²) in [5, 5.41) is 6.35. The average Bonchev–Trinajstić information content (AvgIpc) is 3.57. The number of hydrogen-bond acceptors (Lipinski definition) is 5. The van der Waals surface area contributed by atoms with Gasteiger partial charge < -0.3 is 14.4 Å². The Labute approximate surface area is 207 Å². The van der Waals surface area contributed by atoms with E-state index in [-0.39, 0.29) is 30.3 Å². The number of benzene rings is 2. The Morgan fingerprint density at radius 1 is 1.09 bits per heavy atom. The first-order valence-electron chi connectivity index (χ1n) is 12.4. The Hall–Kier alpha value is -3.19. The highest BCUT2D eigenvalue weighted by Gasteiger charge is 2.35. The molecule has 0 saturated heterocycles. The number of carbonyl (C=O) groups excluding carboxylic acids is 2. The van der Waals surface area contributed by atoms with Crippen LogP contribution in [-0.2, 0) is 14.3 Å². The number of rotatable bonds is 9. The molecular formula is C28H35N3O4. The van der Waals surface area contributed by atoms with Crippen LogP contribution < -0.4 is 4.74 Å². The van der Waals surface area contributed by atoms with Gasteiger partial charge >= 0.3 is 0 Å². The van der Waals surface area contributed by atoms with Crippen molar-refractivity contribution in [3.8, 4) is 5.75 Å². The highest BCUT2D eigenvalue weighted by molar-refractivity contribution is 6.03. The molecule has 186 valence electrons. The van der Waals surface area contributed by atoms with E-state index in [1.54, 1.807) is 24.1 Å². The van der Waals surface area contributed by atoms with Crippen LogP contribution in [0.15, 0.2) is 53.6 Å². The van der Waals surface area contributed by atoms with Crippen molar-refractivity contribution in [3.63, 3.8) is 0 Å². The molecule has 2 aliphatic rings. The van der Waals surface area contributed by atoms with Gasteiger partial charge in [-0.1, -0.05) is 54.8 Å². The third-order valence-electron chi connectivity index (χ3n) is 6.94. The summed E-state index contributed by atoms with van der Waals surface area (Å²) in [5.74, 6) is 0.614. The van der Waals surface area contributed by atoms with Crippen molar-refractivity contribution >= 4 is 17.5 Å². The lowest BCUT2D eigenvalue weighted by molar-refractivity contribution is -0.144. The molecule has 0 N–H and O–H groups in total. The predicted molar refractivity (Wildman–Crippen MR) is 135 cm³/mol. The van der Waals surface area contributed by atoms with E-state index < -0.39 is 0 Å². The topological polar surface area (TPSA) is 71.4 Å². The number of aryl methyl sites for hydroxylation is 1. The minimum absolute atomic E-state index is 0.00183. The molecule has 2 aromatic carbocycles. The van der Waals surface area contributed by atoms with Crippen LogP contribution in [0, 0.1) is 12.8 Å². The van der Waals surface area contributed by atoms with Gasteiger partial charge in [-0.05, 0) is 37.5 Å². The second-order valence-electron chi connectivity index (χ2n) is 9.38. The fraction of sp³-hybridized carbons (Fsp3) is 0.464. The summed E-state index contributed by atoms with van der Waals surface area (Å²) < 4.78 is 10.6. The van der Waals surface area contributed by atoms with E-state index in [1.807, 2.05) is 31.2 Å². The summed E-state index contributed by atoms with van der Waals surface area (Å²) in [7, 11) is 3.25. The van der Waals surface area contributed by atoms with Gasteiger partial charge in [0.25, 0.3) is 5.91 Å². The van der Waals surface area contributed by atoms with Crippen LogP contribution in [0.5, 0.6) is 5.75 Å². The highest BCUT2D eigenvalue weighted by Crippen LogP contribution is 2.34. The van der Waals surface area contributed by atoms with Crippen LogP contribution in [-0.4, -0.2) is 61.4 Å². The number of hydrazone groups is 1. The monoisotopic (exact) mass is 477 g/mol. The molecule has 0 radical (unpaired) electrons. The molecule has 1 heterocycles. The summed E-state index contributed by atoms with van der Waals surface area (Å²) in [6.45, 7) is 2.83. The van der Waals surface area contributed by atoms with Crippen LogP contribution >= 0.6 is 0 Å². The molecule has 2 amide bonds. The number of nitrogens with zero attached hydrogens (tertiary/aromatic N) is 3. The number of methoxy groups -OCH3 is 2. The molecule has 7 nitrogen and oxygen atoms in total. The molecule has 0 aromatic heterocycles. The van der Waals surface area contributed by atoms with E-state index in [9.17, 15) is 9.59 Å². The lowest BCUT2D eigenvalue weighted by atomic mass is 9.97. The molecule has 1 atom stereocenters. The summed E-state index contributed by atoms with van der Waals surface area (Å²) in [4.78, 5) is 28.5. The van der Waals surface area contributed by atoms with Crippen molar-refractivity contribution in [2.24, 2.45) is 11.0 Å². The van der Waals surface area contributed by atoms with Crippen molar-refractivity contribution < 1.29 is 19.1 Å². The molecule has 0 bridgehead atoms. The molecule has 4 rings (SSSR count). The third-order valence-corrected chi connectivity index (χ3v) is 6.94. The average molecular weight is 478 g/mol. The Morgan fingerprint density at radius 3 is 2.51 bits per heavy atom. The molecule has 1 aliphatic heterocycles. The summed E-state index contributed by atoms with van der Waals surface area (Å²) in [5.41, 5.74) is 3.94. The van der Waals surface area contributed by atoms with Crippen molar-refractivity contribution in [1.82, 2.24) is 9.91 Å². The molecule has 0 unspecified atom stereocenters. The molecule has 1 fully saturated rings. The zero-order valence-electron chi connectivity index (χ0n) is 20.9. The fourth-order valence-electron chi connectivity index (χ4n) is 4.90. The second kappa shape index (κ2) is 11.5. The van der Waals surface area contributed by atoms with E-state index in [2.05, 4.69) is 24.3 Å². The maximum Gasteiger partial charge on any atom is 0.262 e. The smallest absolute Gasteiger partial charge is 0.262 e. The van der Waals surface area contributed by atoms with Gasteiger partial charge in [-0.3, -0.25) is 9.59 Å². The molecule has 35 heavy (non-hydrogen) atoms. The lowest BCUT2D eigenvalue weighted by Crippen LogP contribution is -2.44. The maximum atomic E-state index is 13.6. The van der Waals surface area contributed by atoms with Crippen LogP contribution in [0.2, 0.25) is 0 Å². The van der Waals surface area contributed by atoms with Gasteiger partial charge in [-0.25, -0.2) is 5.01 Å². The Balaban J connectivity index is 1.60. The lowest BCUT2D eigenvalue weighted by Gasteiger charge is -2.28. The summed E-state index contributed by atoms with van der Waals surface area (Å²) in [6, 6.07) is 15.7. The Bertz CT molecular complexity index is 1060. The number of ether oxygens (including phenoxy) is 2. The van der Waals surface area contributed by atoms with E-state index in [0.717, 1.165) is 53.8 Å². The molecule has 1 saturated carbocycles. The van der Waals surface area contributed by atoms with E-state index in [0.29, 0.717) is 19.6 Å². The standard InChI is InChI=1S/C28H35N3O4/c1-20-11-13-21(14-12-20)26-18-25(23-9-6-10-24(17-23)35-3)29-31(26)27(32)19-30(15-16-34-2)28(33)22-7-4-5-8-22/h6,9-14,17,22,26H,4-5,7-8,15-16,18-19H2,1-3H3/t26-/m1/s1. The first-order chi connectivity index (χ1) is 17.0. The van der Waals surface area contributed by atoms with Crippen LogP contribution in [0.3, 0.4) is 0 Å². The van der Waals surface area contributed by atoms with Crippen molar-refractivity contribution in [3.05, 3.63) is 65.2 Å². The fourth-order valence-corrected chi connectivity index (χ4v) is 4.90. The van der Waals surface area contributed by atoms with E-state index in [4.69, 9.17) is 14.6 Å². The largest absolute Gasteiger partial charge is 0.497 e. The van der Waals surface area contributed by atoms with Crippen molar-refractivity contribution in [2.45, 2.75) is 45.1 Å². The third kappa shape index (κ3) is 5.90. The number of hydrogen-bond donors (Lipinski definition) is 0. The highest BCUT2D eigenvalue weighted by atomic mass is 16.5. The van der Waals surface area contributed by atoms with Gasteiger partial charge in [-0.15, -0.1) is 0 Å². The van der Waals surface area contributed by atoms with Crippen molar-refractivity contribution in [2.75, 3.05) is 33.9 Å². The predicted octanol–water partition coefficient (Wildman–Crippen LogP) is 4.35. The maximum absolute atomic E-state index is 13.6. The summed E-state index contributed by atoms with van der Waals surface area (Å²) in [6.07, 6.45) is 4.52. The molecule has 1 aliphatic carbocycles. The van der Waals surface area contributed by atoms with Gasteiger partial charge in [0.15, 0.2) is 0 Å². The van der Waals surface area contributed by atoms with E-state index >= 15 is 0 Å². The molecule has 2 aromatic rings. The van der Waals surface area contributed by atoms with Gasteiger partial charge in [0.05, 0.1) is 25.5 Å². The number of carbonyl (C=O) groups is 2. The van der Waals surface area contributed by atoms with Gasteiger partial charge in [-0.2, -0.15) is 5.10 Å². The zero-order valence-corrected chi connectivity index (χ0v) is 20.9. The van der Waals surface area contributed by atoms with Gasteiger partial charge in [0.1, 0.15) is 12.3 Å². The quantitative estimate of drug-likeness (QED) is 0.539. The minimum atomic E-state index is -0.227. The first kappa shape index (κ1) is 24.9. The number of amides is 2. The first-order valence-corrected chi connectivity index (χ1v) is 12.4. The zero-order chi connectivity index (χ0) is 24.8. The van der Waals surface area contributed by atoms with Gasteiger partial charge in [0, 0.05) is 31.6 Å².